The molecule has 10 nitrogen and oxygen atoms in total. The number of benzene rings is 1. The number of aliphatic hydroxyl groups is 3. The number of ether oxygens (including phenoxy) is 1. The Kier molecular flexibility index (Phi) is 4.62. The maximum atomic E-state index is 14.3. The lowest BCUT2D eigenvalue weighted by atomic mass is 10.1. The van der Waals surface area contributed by atoms with Gasteiger partial charge in [0.05, 0.1) is 30.7 Å². The topological polar surface area (TPSA) is 138 Å². The monoisotopic (exact) mass is 528 g/mol. The fourth-order valence-electron chi connectivity index (χ4n) is 4.21. The summed E-state index contributed by atoms with van der Waals surface area (Å²) in [6.45, 7) is -4.12. The number of aliphatic hydroxyl groups excluding tert-OH is 2. The summed E-state index contributed by atoms with van der Waals surface area (Å²) >= 11 is 0.325. The van der Waals surface area contributed by atoms with Crippen LogP contribution in [-0.2, 0) is 4.74 Å². The molecule has 0 unspecified atom stereocenters. The molecule has 2 aliphatic carbocycles. The van der Waals surface area contributed by atoms with Crippen molar-refractivity contribution in [3.8, 4) is 0 Å². The van der Waals surface area contributed by atoms with E-state index in [1.165, 1.54) is 12.1 Å². The van der Waals surface area contributed by atoms with Crippen molar-refractivity contribution in [2.24, 2.45) is 0 Å². The normalized spacial score (nSPS) is 34.7. The fraction of sp³-hybridized carbons (Fsp3) is 0.583. The molecule has 36 heavy (non-hydrogen) atoms. The maximum absolute atomic E-state index is 14.3. The van der Waals surface area contributed by atoms with Crippen LogP contribution in [0.1, 0.15) is 62.9 Å². The van der Waals surface area contributed by atoms with Crippen LogP contribution in [0, 0.1) is 12.7 Å². The van der Waals surface area contributed by atoms with Crippen molar-refractivity contribution < 1.29 is 38.2 Å². The van der Waals surface area contributed by atoms with E-state index in [2.05, 4.69) is 25.6 Å². The van der Waals surface area contributed by atoms with E-state index in [9.17, 15) is 19.7 Å². The highest BCUT2D eigenvalue weighted by Gasteiger charge is 2.45. The highest BCUT2D eigenvalue weighted by atomic mass is 32.2. The van der Waals surface area contributed by atoms with Crippen molar-refractivity contribution in [1.82, 2.24) is 25.0 Å². The number of hydrogen-bond donors (Lipinski definition) is 4. The van der Waals surface area contributed by atoms with E-state index in [-0.39, 0.29) is 28.6 Å². The zero-order valence-corrected chi connectivity index (χ0v) is 20.0. The number of nitrogens with zero attached hydrogens (tertiary/aromatic N) is 5. The van der Waals surface area contributed by atoms with Gasteiger partial charge in [0.25, 0.3) is 0 Å². The highest BCUT2D eigenvalue weighted by Crippen LogP contribution is 2.44. The van der Waals surface area contributed by atoms with Crippen molar-refractivity contribution in [2.45, 2.75) is 74.5 Å². The molecule has 0 spiro atoms. The summed E-state index contributed by atoms with van der Waals surface area (Å²) < 4.78 is 99.7. The largest absolute Gasteiger partial charge is 0.394 e. The van der Waals surface area contributed by atoms with Crippen molar-refractivity contribution in [3.05, 3.63) is 35.1 Å². The van der Waals surface area contributed by atoms with Crippen molar-refractivity contribution >= 4 is 28.7 Å². The van der Waals surface area contributed by atoms with E-state index < -0.39 is 73.7 Å². The summed E-state index contributed by atoms with van der Waals surface area (Å²) in [6, 6.07) is 2.19. The Morgan fingerprint density at radius 2 is 2.17 bits per heavy atom. The standard InChI is InChI=1S/C24H31FN6O4S/c1-3-8-36-24-27-22(26-16-10-14(16)13-5-4-12(2)15(25)9-13)19-23(28-24)31(30-29-19)17-11-18(35-7-6-32)21(34)20(17)33/h4-5,9,14,16-18,20-21,32-34H,3,6-8,10-11H2,1-2H3,(H,26,27,28)/t14-,16+,17+,18-,20-,21+/m0/s1/i3D2,6D2,7D2,8D2,10D2. The zero-order valence-electron chi connectivity index (χ0n) is 29.2. The first-order valence-corrected chi connectivity index (χ1v) is 11.9. The average Bonchev–Trinajstić information content (AvgIpc) is 3.15. The van der Waals surface area contributed by atoms with Gasteiger partial charge in [-0.25, -0.2) is 19.0 Å². The average molecular weight is 529 g/mol. The maximum Gasteiger partial charge on any atom is 0.191 e. The van der Waals surface area contributed by atoms with Gasteiger partial charge in [0.15, 0.2) is 22.1 Å². The Labute approximate surface area is 226 Å². The first-order chi connectivity index (χ1) is 21.0. The Hall–Kier alpha value is -2.38. The molecular formula is C24H31FN6O4S. The lowest BCUT2D eigenvalue weighted by molar-refractivity contribution is -0.0629. The number of halogens is 1. The van der Waals surface area contributed by atoms with Gasteiger partial charge in [-0.2, -0.15) is 0 Å². The molecule has 12 heteroatoms. The van der Waals surface area contributed by atoms with E-state index in [1.54, 1.807) is 13.0 Å². The van der Waals surface area contributed by atoms with Crippen LogP contribution in [0.25, 0.3) is 11.2 Å². The number of rotatable bonds is 10. The number of thioether (sulfide) groups is 1. The van der Waals surface area contributed by atoms with E-state index in [4.69, 9.17) is 18.4 Å². The number of anilines is 1. The van der Waals surface area contributed by atoms with Crippen LogP contribution in [0.2, 0.25) is 0 Å². The SMILES string of the molecule is [2H]C1([2H])[C@@H](Nc2nc(SC([2H])([2H])C([2H])([2H])C)nc3c2nnn3[C@@H]2C[C@H](OC([2H])([2H])C([2H])([2H])O)[C@@H](O)[C@H]2O)[C@@H]1c1ccc(C)c(F)c1. The van der Waals surface area contributed by atoms with Crippen LogP contribution in [0.3, 0.4) is 0 Å². The predicted molar refractivity (Wildman–Crippen MR) is 133 cm³/mol. The summed E-state index contributed by atoms with van der Waals surface area (Å²) in [5, 5.41) is 41.7. The Morgan fingerprint density at radius 1 is 1.33 bits per heavy atom. The fourth-order valence-corrected chi connectivity index (χ4v) is 4.67. The van der Waals surface area contributed by atoms with Gasteiger partial charge in [-0.15, -0.1) is 5.10 Å². The summed E-state index contributed by atoms with van der Waals surface area (Å²) in [5.41, 5.74) is -2.03. The summed E-state index contributed by atoms with van der Waals surface area (Å²) in [4.78, 5) is 8.58. The number of nitrogens with one attached hydrogen (secondary N) is 1. The van der Waals surface area contributed by atoms with Crippen LogP contribution >= 0.6 is 11.8 Å². The molecule has 1 aromatic carbocycles. The molecule has 194 valence electrons. The van der Waals surface area contributed by atoms with Crippen LogP contribution < -0.4 is 5.32 Å². The Bertz CT molecular complexity index is 1640. The number of aromatic nitrogens is 5. The predicted octanol–water partition coefficient (Wildman–Crippen LogP) is 2.18. The molecule has 2 heterocycles. The second kappa shape index (κ2) is 10.5. The minimum absolute atomic E-state index is 0.0750. The van der Waals surface area contributed by atoms with Crippen molar-refractivity contribution in [1.29, 1.82) is 0 Å². The smallest absolute Gasteiger partial charge is 0.191 e. The summed E-state index contributed by atoms with van der Waals surface area (Å²) in [7, 11) is 0. The first kappa shape index (κ1) is 15.8. The molecule has 2 fully saturated rings. The van der Waals surface area contributed by atoms with Crippen LogP contribution in [0.15, 0.2) is 23.4 Å². The molecule has 2 aliphatic rings. The highest BCUT2D eigenvalue weighted by molar-refractivity contribution is 7.99. The summed E-state index contributed by atoms with van der Waals surface area (Å²) in [5.74, 6) is -1.45. The quantitative estimate of drug-likeness (QED) is 0.229. The third-order valence-corrected chi connectivity index (χ3v) is 6.82. The van der Waals surface area contributed by atoms with Gasteiger partial charge in [0.1, 0.15) is 18.0 Å². The number of hydrogen-bond acceptors (Lipinski definition) is 10. The van der Waals surface area contributed by atoms with Gasteiger partial charge >= 0.3 is 0 Å². The van der Waals surface area contributed by atoms with Gasteiger partial charge in [-0.05, 0) is 36.9 Å². The van der Waals surface area contributed by atoms with Gasteiger partial charge in [0.2, 0.25) is 0 Å². The van der Waals surface area contributed by atoms with Crippen molar-refractivity contribution in [2.75, 3.05) is 24.1 Å². The van der Waals surface area contributed by atoms with Gasteiger partial charge in [-0.3, -0.25) is 0 Å². The molecule has 5 rings (SSSR count). The number of aryl methyl sites for hydroxylation is 1. The molecule has 0 amide bonds. The van der Waals surface area contributed by atoms with E-state index >= 15 is 0 Å². The lowest BCUT2D eigenvalue weighted by Crippen LogP contribution is -2.33. The molecule has 0 bridgehead atoms. The summed E-state index contributed by atoms with van der Waals surface area (Å²) in [6.07, 6.45) is -9.61. The molecule has 2 aromatic heterocycles. The third kappa shape index (κ3) is 4.92. The van der Waals surface area contributed by atoms with E-state index in [0.717, 1.165) is 11.6 Å². The molecule has 6 atom stereocenters. The van der Waals surface area contributed by atoms with E-state index in [1.807, 2.05) is 0 Å². The lowest BCUT2D eigenvalue weighted by Gasteiger charge is -2.17. The molecule has 0 radical (unpaired) electrons. The molecular weight excluding hydrogens is 487 g/mol. The van der Waals surface area contributed by atoms with Crippen LogP contribution in [-0.4, -0.2) is 83.5 Å². The van der Waals surface area contributed by atoms with Gasteiger partial charge < -0.3 is 25.4 Å². The second-order valence-corrected chi connectivity index (χ2v) is 9.22. The number of fused-ring (bicyclic) bond motifs is 1. The minimum atomic E-state index is -3.45. The van der Waals surface area contributed by atoms with Gasteiger partial charge in [0, 0.05) is 32.3 Å². The minimum Gasteiger partial charge on any atom is -0.394 e. The molecule has 4 N–H and O–H groups in total. The van der Waals surface area contributed by atoms with Crippen LogP contribution in [0.4, 0.5) is 10.2 Å². The third-order valence-electron chi connectivity index (χ3n) is 6.15. The molecule has 0 aliphatic heterocycles. The van der Waals surface area contributed by atoms with Crippen molar-refractivity contribution in [3.63, 3.8) is 0 Å². The zero-order chi connectivity index (χ0) is 34.4. The van der Waals surface area contributed by atoms with Crippen LogP contribution in [0.5, 0.6) is 0 Å². The Morgan fingerprint density at radius 3 is 2.92 bits per heavy atom. The second-order valence-electron chi connectivity index (χ2n) is 8.44. The molecule has 0 saturated heterocycles. The van der Waals surface area contributed by atoms with Gasteiger partial charge in [-0.1, -0.05) is 36.0 Å². The first-order valence-electron chi connectivity index (χ1n) is 16.1. The molecule has 3 aromatic rings. The van der Waals surface area contributed by atoms with E-state index in [0.29, 0.717) is 22.9 Å². The molecule has 2 saturated carbocycles. The Balaban J connectivity index is 1.53.